The van der Waals surface area contributed by atoms with Gasteiger partial charge in [-0.2, -0.15) is 0 Å². The van der Waals surface area contributed by atoms with Crippen molar-refractivity contribution in [1.82, 2.24) is 15.0 Å². The third-order valence-corrected chi connectivity index (χ3v) is 1.69. The fourth-order valence-corrected chi connectivity index (χ4v) is 1.37. The number of aromatic nitrogens is 3. The fraction of sp³-hybridized carbons (Fsp3) is 0.250. The van der Waals surface area contributed by atoms with Gasteiger partial charge in [0, 0.05) is 7.05 Å². The van der Waals surface area contributed by atoms with Crippen molar-refractivity contribution in [3.05, 3.63) is 10.3 Å². The molecule has 0 aromatic carbocycles. The van der Waals surface area contributed by atoms with Gasteiger partial charge < -0.3 is 0 Å². The van der Waals surface area contributed by atoms with Crippen LogP contribution in [0.5, 0.6) is 0 Å². The second-order valence-electron chi connectivity index (χ2n) is 1.63. The van der Waals surface area contributed by atoms with E-state index in [9.17, 15) is 4.79 Å². The summed E-state index contributed by atoms with van der Waals surface area (Å²) >= 11 is 8.20. The van der Waals surface area contributed by atoms with Gasteiger partial charge in [-0.15, -0.1) is 5.10 Å². The highest BCUT2D eigenvalue weighted by molar-refractivity contribution is 9.10. The van der Waals surface area contributed by atoms with Crippen LogP contribution in [-0.4, -0.2) is 20.2 Å². The molecule has 0 aliphatic heterocycles. The van der Waals surface area contributed by atoms with Gasteiger partial charge in [-0.1, -0.05) is 5.21 Å². The number of aryl methyl sites for hydroxylation is 1. The average molecular weight is 224 g/mol. The predicted molar refractivity (Wildman–Crippen MR) is 38.9 cm³/mol. The number of hydrogen-bond donors (Lipinski definition) is 0. The zero-order valence-corrected chi connectivity index (χ0v) is 7.35. The summed E-state index contributed by atoms with van der Waals surface area (Å²) in [6, 6.07) is 0. The lowest BCUT2D eigenvalue weighted by Crippen LogP contribution is -2.01. The summed E-state index contributed by atoms with van der Waals surface area (Å²) in [5.41, 5.74) is 0.265. The topological polar surface area (TPSA) is 47.8 Å². The molecule has 0 amide bonds. The maximum Gasteiger partial charge on any atom is 0.273 e. The van der Waals surface area contributed by atoms with E-state index in [2.05, 4.69) is 26.2 Å². The molecule has 10 heavy (non-hydrogen) atoms. The molecule has 1 aromatic rings. The Morgan fingerprint density at radius 1 is 1.80 bits per heavy atom. The lowest BCUT2D eigenvalue weighted by atomic mass is 10.5. The Kier molecular flexibility index (Phi) is 2.05. The van der Waals surface area contributed by atoms with Crippen LogP contribution in [-0.2, 0) is 7.05 Å². The summed E-state index contributed by atoms with van der Waals surface area (Å²) in [6.07, 6.45) is 0. The highest BCUT2D eigenvalue weighted by Crippen LogP contribution is 2.13. The summed E-state index contributed by atoms with van der Waals surface area (Å²) < 4.78 is 1.68. The van der Waals surface area contributed by atoms with Gasteiger partial charge in [0.15, 0.2) is 10.3 Å². The van der Waals surface area contributed by atoms with Gasteiger partial charge in [-0.25, -0.2) is 4.68 Å². The summed E-state index contributed by atoms with van der Waals surface area (Å²) in [4.78, 5) is 10.6. The molecule has 0 radical (unpaired) electrons. The van der Waals surface area contributed by atoms with Gasteiger partial charge in [0.25, 0.3) is 5.24 Å². The highest BCUT2D eigenvalue weighted by Gasteiger charge is 2.13. The molecule has 6 heteroatoms. The normalized spacial score (nSPS) is 9.90. The van der Waals surface area contributed by atoms with E-state index < -0.39 is 5.24 Å². The first-order valence-corrected chi connectivity index (χ1v) is 3.55. The van der Waals surface area contributed by atoms with Crippen molar-refractivity contribution in [2.24, 2.45) is 7.05 Å². The zero-order chi connectivity index (χ0) is 7.72. The minimum atomic E-state index is -0.570. The monoisotopic (exact) mass is 223 g/mol. The van der Waals surface area contributed by atoms with Crippen molar-refractivity contribution in [3.8, 4) is 0 Å². The van der Waals surface area contributed by atoms with Crippen molar-refractivity contribution in [2.75, 3.05) is 0 Å². The minimum absolute atomic E-state index is 0.265. The van der Waals surface area contributed by atoms with Crippen molar-refractivity contribution in [1.29, 1.82) is 0 Å². The van der Waals surface area contributed by atoms with Crippen LogP contribution >= 0.6 is 27.5 Å². The van der Waals surface area contributed by atoms with Crippen LogP contribution in [0.4, 0.5) is 0 Å². The van der Waals surface area contributed by atoms with E-state index in [1.54, 1.807) is 7.05 Å². The molecule has 0 N–H and O–H groups in total. The van der Waals surface area contributed by atoms with Crippen molar-refractivity contribution >= 4 is 32.8 Å². The van der Waals surface area contributed by atoms with Gasteiger partial charge in [-0.05, 0) is 27.5 Å². The highest BCUT2D eigenvalue weighted by atomic mass is 79.9. The molecule has 54 valence electrons. The molecular formula is C4H3BrClN3O. The summed E-state index contributed by atoms with van der Waals surface area (Å²) in [7, 11) is 1.59. The van der Waals surface area contributed by atoms with Crippen LogP contribution in [0.25, 0.3) is 0 Å². The first-order chi connectivity index (χ1) is 4.63. The molecule has 1 heterocycles. The van der Waals surface area contributed by atoms with Crippen LogP contribution in [0, 0.1) is 0 Å². The number of nitrogens with zero attached hydrogens (tertiary/aromatic N) is 3. The lowest BCUT2D eigenvalue weighted by molar-refractivity contribution is 0.107. The summed E-state index contributed by atoms with van der Waals surface area (Å²) in [6.45, 7) is 0. The SMILES string of the molecule is Cn1nnc(Br)c1C(=O)Cl. The Bertz CT molecular complexity index is 252. The third-order valence-electron chi connectivity index (χ3n) is 0.972. The van der Waals surface area contributed by atoms with E-state index in [0.29, 0.717) is 4.60 Å². The first-order valence-electron chi connectivity index (χ1n) is 2.38. The van der Waals surface area contributed by atoms with E-state index >= 15 is 0 Å². The zero-order valence-electron chi connectivity index (χ0n) is 5.01. The van der Waals surface area contributed by atoms with Crippen molar-refractivity contribution in [2.45, 2.75) is 0 Å². The van der Waals surface area contributed by atoms with Crippen LogP contribution in [0.1, 0.15) is 10.5 Å². The van der Waals surface area contributed by atoms with E-state index in [4.69, 9.17) is 11.6 Å². The quantitative estimate of drug-likeness (QED) is 0.668. The number of rotatable bonds is 1. The molecule has 0 aliphatic carbocycles. The maximum absolute atomic E-state index is 10.6. The number of carbonyl (C=O) groups excluding carboxylic acids is 1. The largest absolute Gasteiger partial charge is 0.274 e. The van der Waals surface area contributed by atoms with Crippen LogP contribution in [0.3, 0.4) is 0 Å². The molecule has 0 spiro atoms. The Balaban J connectivity index is 3.23. The number of carbonyl (C=O) groups is 1. The standard InChI is InChI=1S/C4H3BrClN3O/c1-9-2(4(6)10)3(5)7-8-9/h1H3. The average Bonchev–Trinajstić information content (AvgIpc) is 2.11. The van der Waals surface area contributed by atoms with Gasteiger partial charge in [-0.3, -0.25) is 4.79 Å². The van der Waals surface area contributed by atoms with Crippen LogP contribution in [0.2, 0.25) is 0 Å². The van der Waals surface area contributed by atoms with E-state index in [-0.39, 0.29) is 5.69 Å². The van der Waals surface area contributed by atoms with Gasteiger partial charge in [0.1, 0.15) is 0 Å². The first kappa shape index (κ1) is 7.68. The maximum atomic E-state index is 10.6. The van der Waals surface area contributed by atoms with E-state index in [0.717, 1.165) is 0 Å². The van der Waals surface area contributed by atoms with Gasteiger partial charge in [0.2, 0.25) is 0 Å². The fourth-order valence-electron chi connectivity index (χ4n) is 0.540. The molecule has 1 rings (SSSR count). The molecule has 0 saturated carbocycles. The summed E-state index contributed by atoms with van der Waals surface area (Å²) in [5.74, 6) is 0. The smallest absolute Gasteiger partial charge is 0.273 e. The Labute approximate surface area is 70.3 Å². The molecule has 0 aliphatic rings. The second-order valence-corrected chi connectivity index (χ2v) is 2.72. The molecule has 0 atom stereocenters. The molecule has 1 aromatic heterocycles. The summed E-state index contributed by atoms with van der Waals surface area (Å²) in [5, 5.41) is 6.54. The molecule has 0 fully saturated rings. The molecule has 4 nitrogen and oxygen atoms in total. The molecule has 0 saturated heterocycles. The second kappa shape index (κ2) is 2.67. The van der Waals surface area contributed by atoms with Crippen LogP contribution in [0.15, 0.2) is 4.60 Å². The minimum Gasteiger partial charge on any atom is -0.274 e. The Morgan fingerprint density at radius 3 is 2.60 bits per heavy atom. The van der Waals surface area contributed by atoms with Crippen LogP contribution < -0.4 is 0 Å². The van der Waals surface area contributed by atoms with Crippen molar-refractivity contribution in [3.63, 3.8) is 0 Å². The molecular weight excluding hydrogens is 221 g/mol. The molecule has 0 bridgehead atoms. The Hall–Kier alpha value is -0.420. The predicted octanol–water partition coefficient (Wildman–Crippen LogP) is 0.957. The molecule has 0 unspecified atom stereocenters. The lowest BCUT2D eigenvalue weighted by Gasteiger charge is -1.90. The number of halogens is 2. The van der Waals surface area contributed by atoms with Crippen molar-refractivity contribution < 1.29 is 4.79 Å². The van der Waals surface area contributed by atoms with Gasteiger partial charge in [0.05, 0.1) is 0 Å². The number of hydrogen-bond acceptors (Lipinski definition) is 3. The van der Waals surface area contributed by atoms with E-state index in [1.165, 1.54) is 4.68 Å². The van der Waals surface area contributed by atoms with Gasteiger partial charge >= 0.3 is 0 Å². The Morgan fingerprint density at radius 2 is 2.40 bits per heavy atom. The van der Waals surface area contributed by atoms with E-state index in [1.807, 2.05) is 0 Å². The third kappa shape index (κ3) is 1.19.